The van der Waals surface area contributed by atoms with E-state index < -0.39 is 22.5 Å². The van der Waals surface area contributed by atoms with Crippen LogP contribution in [-0.2, 0) is 20.6 Å². The summed E-state index contributed by atoms with van der Waals surface area (Å²) < 4.78 is 41.4. The molecule has 0 radical (unpaired) electrons. The van der Waals surface area contributed by atoms with Gasteiger partial charge in [0.25, 0.3) is 10.0 Å². The molecule has 34 heavy (non-hydrogen) atoms. The zero-order chi connectivity index (χ0) is 24.7. The topological polar surface area (TPSA) is 66.5 Å². The van der Waals surface area contributed by atoms with E-state index in [0.717, 1.165) is 4.31 Å². The Hall–Kier alpha value is -1.97. The van der Waals surface area contributed by atoms with Crippen molar-refractivity contribution in [2.24, 2.45) is 0 Å². The summed E-state index contributed by atoms with van der Waals surface area (Å²) in [5, 5.41) is 3.47. The van der Waals surface area contributed by atoms with Gasteiger partial charge in [0.2, 0.25) is 5.91 Å². The Balaban J connectivity index is 1.67. The zero-order valence-corrected chi connectivity index (χ0v) is 21.6. The van der Waals surface area contributed by atoms with E-state index in [1.165, 1.54) is 54.2 Å². The summed E-state index contributed by atoms with van der Waals surface area (Å²) in [6.45, 7) is -0.231. The van der Waals surface area contributed by atoms with Crippen LogP contribution >= 0.6 is 46.6 Å². The van der Waals surface area contributed by atoms with E-state index in [1.807, 2.05) is 0 Å². The van der Waals surface area contributed by atoms with Crippen LogP contribution in [0.4, 0.5) is 10.1 Å². The van der Waals surface area contributed by atoms with E-state index in [9.17, 15) is 17.6 Å². The standard InChI is InChI=1S/C23H20Cl3FN2O3S2/c24-16-9-10-22(20(26)13-16)29(34(31,32)17-5-2-1-3-6-17)14-23(30)28-11-12-33-15-18-19(25)7-4-8-21(18)27/h1-10,13H,11-12,14-15H2,(H,28,30). The van der Waals surface area contributed by atoms with Gasteiger partial charge in [-0.15, -0.1) is 0 Å². The Labute approximate surface area is 217 Å². The summed E-state index contributed by atoms with van der Waals surface area (Å²) in [5.41, 5.74) is 0.534. The van der Waals surface area contributed by atoms with E-state index in [0.29, 0.717) is 27.1 Å². The van der Waals surface area contributed by atoms with Crippen LogP contribution in [-0.4, -0.2) is 33.2 Å². The molecule has 0 heterocycles. The molecule has 0 aliphatic heterocycles. The second-order valence-corrected chi connectivity index (χ2v) is 11.2. The zero-order valence-electron chi connectivity index (χ0n) is 17.7. The fourth-order valence-corrected chi connectivity index (χ4v) is 6.22. The number of nitrogens with one attached hydrogen (secondary N) is 1. The molecule has 0 aliphatic rings. The number of rotatable bonds is 10. The van der Waals surface area contributed by atoms with Gasteiger partial charge in [-0.3, -0.25) is 9.10 Å². The van der Waals surface area contributed by atoms with Gasteiger partial charge in [-0.25, -0.2) is 12.8 Å². The van der Waals surface area contributed by atoms with Crippen molar-refractivity contribution in [2.45, 2.75) is 10.6 Å². The third-order valence-electron chi connectivity index (χ3n) is 4.67. The molecule has 0 atom stereocenters. The van der Waals surface area contributed by atoms with Gasteiger partial charge in [-0.05, 0) is 42.5 Å². The monoisotopic (exact) mass is 560 g/mol. The van der Waals surface area contributed by atoms with Crippen molar-refractivity contribution in [1.29, 1.82) is 0 Å². The Kier molecular flexibility index (Phi) is 9.50. The first-order chi connectivity index (χ1) is 16.2. The van der Waals surface area contributed by atoms with Crippen molar-refractivity contribution in [1.82, 2.24) is 5.32 Å². The molecular weight excluding hydrogens is 542 g/mol. The van der Waals surface area contributed by atoms with Gasteiger partial charge in [0.15, 0.2) is 0 Å². The number of anilines is 1. The minimum Gasteiger partial charge on any atom is -0.354 e. The minimum atomic E-state index is -4.08. The summed E-state index contributed by atoms with van der Waals surface area (Å²) in [5.74, 6) is -0.0829. The molecule has 0 fully saturated rings. The lowest BCUT2D eigenvalue weighted by Crippen LogP contribution is -2.41. The van der Waals surface area contributed by atoms with Crippen LogP contribution in [0, 0.1) is 5.82 Å². The number of benzene rings is 3. The van der Waals surface area contributed by atoms with Gasteiger partial charge >= 0.3 is 0 Å². The van der Waals surface area contributed by atoms with Crippen molar-refractivity contribution in [3.63, 3.8) is 0 Å². The number of sulfonamides is 1. The normalized spacial score (nSPS) is 11.3. The number of hydrogen-bond donors (Lipinski definition) is 1. The summed E-state index contributed by atoms with van der Waals surface area (Å²) in [6, 6.07) is 16.6. The lowest BCUT2D eigenvalue weighted by atomic mass is 10.2. The summed E-state index contributed by atoms with van der Waals surface area (Å²) in [6.07, 6.45) is 0. The molecule has 11 heteroatoms. The predicted octanol–water partition coefficient (Wildman–Crippen LogP) is 6.03. The van der Waals surface area contributed by atoms with Crippen molar-refractivity contribution in [2.75, 3.05) is 23.1 Å². The summed E-state index contributed by atoms with van der Waals surface area (Å²) in [4.78, 5) is 12.7. The average molecular weight is 562 g/mol. The van der Waals surface area contributed by atoms with E-state index >= 15 is 0 Å². The van der Waals surface area contributed by atoms with E-state index in [1.54, 1.807) is 24.3 Å². The highest BCUT2D eigenvalue weighted by Crippen LogP contribution is 2.32. The molecule has 3 rings (SSSR count). The van der Waals surface area contributed by atoms with Gasteiger partial charge in [0.05, 0.1) is 15.6 Å². The quantitative estimate of drug-likeness (QED) is 0.307. The highest BCUT2D eigenvalue weighted by Gasteiger charge is 2.28. The molecule has 0 aromatic heterocycles. The second-order valence-electron chi connectivity index (χ2n) is 7.02. The van der Waals surface area contributed by atoms with Crippen molar-refractivity contribution < 1.29 is 17.6 Å². The maximum Gasteiger partial charge on any atom is 0.264 e. The molecule has 3 aromatic rings. The third kappa shape index (κ3) is 6.79. The lowest BCUT2D eigenvalue weighted by molar-refractivity contribution is -0.119. The highest BCUT2D eigenvalue weighted by molar-refractivity contribution is 7.98. The van der Waals surface area contributed by atoms with Crippen molar-refractivity contribution in [3.8, 4) is 0 Å². The number of nitrogens with zero attached hydrogens (tertiary/aromatic N) is 1. The van der Waals surface area contributed by atoms with Gasteiger partial charge in [0, 0.05) is 33.7 Å². The molecule has 0 unspecified atom stereocenters. The fourth-order valence-electron chi connectivity index (χ4n) is 3.00. The van der Waals surface area contributed by atoms with Gasteiger partial charge in [-0.1, -0.05) is 59.1 Å². The molecule has 0 aliphatic carbocycles. The summed E-state index contributed by atoms with van der Waals surface area (Å²) >= 11 is 19.6. The maximum atomic E-state index is 13.9. The van der Waals surface area contributed by atoms with Crippen LogP contribution in [0.1, 0.15) is 5.56 Å². The number of halogens is 4. The molecule has 3 aromatic carbocycles. The molecule has 1 amide bonds. The van der Waals surface area contributed by atoms with E-state index in [4.69, 9.17) is 34.8 Å². The Morgan fingerprint density at radius 1 is 0.971 bits per heavy atom. The highest BCUT2D eigenvalue weighted by atomic mass is 35.5. The molecule has 0 saturated heterocycles. The van der Waals surface area contributed by atoms with Gasteiger partial charge < -0.3 is 5.32 Å². The Bertz CT molecular complexity index is 1240. The van der Waals surface area contributed by atoms with Gasteiger partial charge in [0.1, 0.15) is 12.4 Å². The first-order valence-corrected chi connectivity index (χ1v) is 13.7. The minimum absolute atomic E-state index is 0.0196. The van der Waals surface area contributed by atoms with Crippen molar-refractivity contribution >= 4 is 68.2 Å². The first-order valence-electron chi connectivity index (χ1n) is 10.0. The van der Waals surface area contributed by atoms with Crippen molar-refractivity contribution in [3.05, 3.63) is 93.2 Å². The van der Waals surface area contributed by atoms with Crippen LogP contribution in [0.2, 0.25) is 15.1 Å². The second kappa shape index (κ2) is 12.1. The van der Waals surface area contributed by atoms with Gasteiger partial charge in [-0.2, -0.15) is 11.8 Å². The van der Waals surface area contributed by atoms with E-state index in [-0.39, 0.29) is 28.0 Å². The van der Waals surface area contributed by atoms with Crippen LogP contribution in [0.15, 0.2) is 71.6 Å². The lowest BCUT2D eigenvalue weighted by Gasteiger charge is -2.25. The number of thioether (sulfide) groups is 1. The molecule has 0 spiro atoms. The smallest absolute Gasteiger partial charge is 0.264 e. The molecule has 0 bridgehead atoms. The maximum absolute atomic E-state index is 13.9. The van der Waals surface area contributed by atoms with Crippen LogP contribution < -0.4 is 9.62 Å². The van der Waals surface area contributed by atoms with Crippen LogP contribution in [0.3, 0.4) is 0 Å². The number of carbonyl (C=O) groups excluding carboxylic acids is 1. The molecule has 180 valence electrons. The molecule has 5 nitrogen and oxygen atoms in total. The number of hydrogen-bond acceptors (Lipinski definition) is 4. The Morgan fingerprint density at radius 3 is 2.38 bits per heavy atom. The third-order valence-corrected chi connectivity index (χ3v) is 8.32. The summed E-state index contributed by atoms with van der Waals surface area (Å²) in [7, 11) is -4.08. The molecule has 1 N–H and O–H groups in total. The van der Waals surface area contributed by atoms with Crippen LogP contribution in [0.5, 0.6) is 0 Å². The predicted molar refractivity (Wildman–Crippen MR) is 138 cm³/mol. The number of carbonyl (C=O) groups is 1. The van der Waals surface area contributed by atoms with E-state index in [2.05, 4.69) is 5.32 Å². The largest absolute Gasteiger partial charge is 0.354 e. The number of amides is 1. The molecule has 0 saturated carbocycles. The van der Waals surface area contributed by atoms with Crippen LogP contribution in [0.25, 0.3) is 0 Å². The first kappa shape index (κ1) is 26.6. The average Bonchev–Trinajstić information content (AvgIpc) is 2.80. The SMILES string of the molecule is O=C(CN(c1ccc(Cl)cc1Cl)S(=O)(=O)c1ccccc1)NCCSCc1c(F)cccc1Cl. The fraction of sp³-hybridized carbons (Fsp3) is 0.174. The Morgan fingerprint density at radius 2 is 1.71 bits per heavy atom. The molecular formula is C23H20Cl3FN2O3S2.